The molecule has 0 aromatic heterocycles. The van der Waals surface area contributed by atoms with E-state index in [0.717, 1.165) is 17.4 Å². The van der Waals surface area contributed by atoms with E-state index in [9.17, 15) is 13.2 Å². The van der Waals surface area contributed by atoms with E-state index in [4.69, 9.17) is 4.74 Å². The molecule has 142 valence electrons. The molecular weight excluding hydrogens is 372 g/mol. The van der Waals surface area contributed by atoms with Gasteiger partial charge in [-0.1, -0.05) is 48.5 Å². The smallest absolute Gasteiger partial charge is 0.185 e. The quantitative estimate of drug-likeness (QED) is 0.437. The Hall–Kier alpha value is -3.18. The SMILES string of the molecule is CS(=O)(=O)c1ccc(C(=O)/C=C/c2ccccc2OCc2ccccc2)cc1. The average molecular weight is 392 g/mol. The van der Waals surface area contributed by atoms with Gasteiger partial charge in [0.25, 0.3) is 0 Å². The first-order valence-corrected chi connectivity index (χ1v) is 10.6. The molecule has 0 heterocycles. The van der Waals surface area contributed by atoms with Crippen molar-refractivity contribution in [2.75, 3.05) is 6.26 Å². The summed E-state index contributed by atoms with van der Waals surface area (Å²) in [6, 6.07) is 23.2. The molecule has 4 nitrogen and oxygen atoms in total. The largest absolute Gasteiger partial charge is 0.488 e. The number of carbonyl (C=O) groups is 1. The van der Waals surface area contributed by atoms with Crippen LogP contribution in [0, 0.1) is 0 Å². The van der Waals surface area contributed by atoms with Crippen LogP contribution in [0.2, 0.25) is 0 Å². The van der Waals surface area contributed by atoms with Gasteiger partial charge in [0.05, 0.1) is 4.90 Å². The second-order valence-corrected chi connectivity index (χ2v) is 8.32. The van der Waals surface area contributed by atoms with Gasteiger partial charge >= 0.3 is 0 Å². The van der Waals surface area contributed by atoms with Crippen LogP contribution in [0.4, 0.5) is 0 Å². The summed E-state index contributed by atoms with van der Waals surface area (Å²) < 4.78 is 28.9. The van der Waals surface area contributed by atoms with Crippen molar-refractivity contribution < 1.29 is 17.9 Å². The number of ketones is 1. The van der Waals surface area contributed by atoms with Gasteiger partial charge in [-0.2, -0.15) is 0 Å². The molecule has 0 N–H and O–H groups in total. The van der Waals surface area contributed by atoms with E-state index in [1.807, 2.05) is 54.6 Å². The molecule has 3 aromatic carbocycles. The first-order valence-electron chi connectivity index (χ1n) is 8.72. The Labute approximate surface area is 165 Å². The molecule has 0 aliphatic rings. The highest BCUT2D eigenvalue weighted by Crippen LogP contribution is 2.21. The normalized spacial score (nSPS) is 11.5. The molecule has 0 atom stereocenters. The molecule has 0 spiro atoms. The fourth-order valence-electron chi connectivity index (χ4n) is 2.61. The third kappa shape index (κ3) is 5.18. The first-order chi connectivity index (χ1) is 13.4. The minimum absolute atomic E-state index is 0.188. The van der Waals surface area contributed by atoms with Gasteiger partial charge in [0, 0.05) is 17.4 Å². The number of allylic oxidation sites excluding steroid dienone is 1. The van der Waals surface area contributed by atoms with Crippen molar-refractivity contribution in [1.29, 1.82) is 0 Å². The maximum absolute atomic E-state index is 12.4. The summed E-state index contributed by atoms with van der Waals surface area (Å²) in [5.74, 6) is 0.473. The molecule has 0 saturated heterocycles. The van der Waals surface area contributed by atoms with Crippen molar-refractivity contribution >= 4 is 21.7 Å². The molecule has 5 heteroatoms. The second-order valence-electron chi connectivity index (χ2n) is 6.31. The fraction of sp³-hybridized carbons (Fsp3) is 0.0870. The fourth-order valence-corrected chi connectivity index (χ4v) is 3.24. The molecule has 0 amide bonds. The summed E-state index contributed by atoms with van der Waals surface area (Å²) in [7, 11) is -3.28. The van der Waals surface area contributed by atoms with Gasteiger partial charge in [0.2, 0.25) is 0 Å². The third-order valence-electron chi connectivity index (χ3n) is 4.14. The molecule has 0 radical (unpaired) electrons. The average Bonchev–Trinajstić information content (AvgIpc) is 2.71. The monoisotopic (exact) mass is 392 g/mol. The summed E-state index contributed by atoms with van der Waals surface area (Å²) in [5, 5.41) is 0. The van der Waals surface area contributed by atoms with E-state index < -0.39 is 9.84 Å². The van der Waals surface area contributed by atoms with Crippen LogP contribution >= 0.6 is 0 Å². The Bertz CT molecular complexity index is 1080. The number of benzene rings is 3. The number of rotatable bonds is 7. The van der Waals surface area contributed by atoms with Crippen molar-refractivity contribution in [3.05, 3.63) is 102 Å². The molecule has 0 fully saturated rings. The topological polar surface area (TPSA) is 60.4 Å². The zero-order valence-corrected chi connectivity index (χ0v) is 16.2. The highest BCUT2D eigenvalue weighted by Gasteiger charge is 2.09. The Morgan fingerprint density at radius 3 is 2.21 bits per heavy atom. The number of ether oxygens (including phenoxy) is 1. The van der Waals surface area contributed by atoms with Gasteiger partial charge in [0.1, 0.15) is 12.4 Å². The van der Waals surface area contributed by atoms with Gasteiger partial charge in [-0.15, -0.1) is 0 Å². The Balaban J connectivity index is 1.72. The van der Waals surface area contributed by atoms with Crippen LogP contribution in [-0.2, 0) is 16.4 Å². The molecule has 3 aromatic rings. The summed E-state index contributed by atoms with van der Waals surface area (Å²) in [4.78, 5) is 12.6. The van der Waals surface area contributed by atoms with Gasteiger partial charge < -0.3 is 4.74 Å². The molecule has 0 aliphatic carbocycles. The molecule has 0 bridgehead atoms. The minimum atomic E-state index is -3.28. The van der Waals surface area contributed by atoms with E-state index in [2.05, 4.69) is 0 Å². The maximum atomic E-state index is 12.4. The number of carbonyl (C=O) groups excluding carboxylic acids is 1. The number of sulfone groups is 1. The van der Waals surface area contributed by atoms with Crippen LogP contribution in [0.3, 0.4) is 0 Å². The van der Waals surface area contributed by atoms with Gasteiger partial charge in [-0.25, -0.2) is 8.42 Å². The zero-order chi connectivity index (χ0) is 20.0. The summed E-state index contributed by atoms with van der Waals surface area (Å²) in [6.45, 7) is 0.437. The number of para-hydroxylation sites is 1. The molecule has 3 rings (SSSR count). The third-order valence-corrected chi connectivity index (χ3v) is 5.27. The standard InChI is InChI=1S/C23H20O4S/c1-28(25,26)21-14-11-19(12-15-21)22(24)16-13-20-9-5-6-10-23(20)27-17-18-7-3-2-4-8-18/h2-16H,17H2,1H3/b16-13+. The maximum Gasteiger partial charge on any atom is 0.185 e. The van der Waals surface area contributed by atoms with E-state index >= 15 is 0 Å². The lowest BCUT2D eigenvalue weighted by atomic mass is 10.1. The van der Waals surface area contributed by atoms with Crippen molar-refractivity contribution in [3.8, 4) is 5.75 Å². The highest BCUT2D eigenvalue weighted by molar-refractivity contribution is 7.90. The molecule has 28 heavy (non-hydrogen) atoms. The Morgan fingerprint density at radius 1 is 0.893 bits per heavy atom. The highest BCUT2D eigenvalue weighted by atomic mass is 32.2. The van der Waals surface area contributed by atoms with E-state index in [1.165, 1.54) is 30.3 Å². The first kappa shape index (κ1) is 19.6. The minimum Gasteiger partial charge on any atom is -0.488 e. The lowest BCUT2D eigenvalue weighted by Gasteiger charge is -2.09. The molecule has 0 saturated carbocycles. The lowest BCUT2D eigenvalue weighted by molar-refractivity contribution is 0.104. The molecule has 0 aliphatic heterocycles. The van der Waals surface area contributed by atoms with Gasteiger partial charge in [-0.3, -0.25) is 4.79 Å². The van der Waals surface area contributed by atoms with Gasteiger partial charge in [0.15, 0.2) is 15.6 Å². The van der Waals surface area contributed by atoms with Crippen molar-refractivity contribution in [2.45, 2.75) is 11.5 Å². The summed E-state index contributed by atoms with van der Waals surface area (Å²) >= 11 is 0. The van der Waals surface area contributed by atoms with Crippen LogP contribution in [0.15, 0.2) is 89.8 Å². The van der Waals surface area contributed by atoms with E-state index in [1.54, 1.807) is 6.08 Å². The molecular formula is C23H20O4S. The van der Waals surface area contributed by atoms with Crippen molar-refractivity contribution in [2.24, 2.45) is 0 Å². The zero-order valence-electron chi connectivity index (χ0n) is 15.4. The Morgan fingerprint density at radius 2 is 1.54 bits per heavy atom. The second kappa shape index (κ2) is 8.67. The molecule has 0 unspecified atom stereocenters. The Kier molecular flexibility index (Phi) is 6.06. The number of hydrogen-bond donors (Lipinski definition) is 0. The van der Waals surface area contributed by atoms with Crippen LogP contribution < -0.4 is 4.74 Å². The summed E-state index contributed by atoms with van der Waals surface area (Å²) in [6.07, 6.45) is 4.30. The lowest BCUT2D eigenvalue weighted by Crippen LogP contribution is -1.99. The van der Waals surface area contributed by atoms with Crippen LogP contribution in [0.25, 0.3) is 6.08 Å². The van der Waals surface area contributed by atoms with Crippen LogP contribution in [0.1, 0.15) is 21.5 Å². The number of hydrogen-bond acceptors (Lipinski definition) is 4. The van der Waals surface area contributed by atoms with Gasteiger partial charge in [-0.05, 0) is 48.0 Å². The van der Waals surface area contributed by atoms with Crippen molar-refractivity contribution in [1.82, 2.24) is 0 Å². The van der Waals surface area contributed by atoms with Crippen LogP contribution in [0.5, 0.6) is 5.75 Å². The van der Waals surface area contributed by atoms with Crippen LogP contribution in [-0.4, -0.2) is 20.5 Å². The summed E-state index contributed by atoms with van der Waals surface area (Å²) in [5.41, 5.74) is 2.27. The van der Waals surface area contributed by atoms with E-state index in [-0.39, 0.29) is 10.7 Å². The van der Waals surface area contributed by atoms with E-state index in [0.29, 0.717) is 17.9 Å². The predicted molar refractivity (Wildman–Crippen MR) is 110 cm³/mol. The predicted octanol–water partition coefficient (Wildman–Crippen LogP) is 4.57. The van der Waals surface area contributed by atoms with Crippen molar-refractivity contribution in [3.63, 3.8) is 0 Å².